The van der Waals surface area contributed by atoms with E-state index in [-0.39, 0.29) is 0 Å². The molecule has 1 N–H and O–H groups in total. The van der Waals surface area contributed by atoms with E-state index in [1.54, 1.807) is 0 Å². The van der Waals surface area contributed by atoms with Crippen LogP contribution in [0.1, 0.15) is 50.5 Å². The summed E-state index contributed by atoms with van der Waals surface area (Å²) < 4.78 is 5.73. The van der Waals surface area contributed by atoms with E-state index < -0.39 is 5.60 Å². The molecular formula is C13H21N3O. The number of nitrogens with zero attached hydrogens (tertiary/aromatic N) is 2. The summed E-state index contributed by atoms with van der Waals surface area (Å²) in [5.74, 6) is 0.804. The number of nitrogens with one attached hydrogen (secondary N) is 1. The van der Waals surface area contributed by atoms with Crippen molar-refractivity contribution in [3.63, 3.8) is 0 Å². The number of fused-ring (bicyclic) bond motifs is 1. The first-order chi connectivity index (χ1) is 8.08. The molecule has 2 rings (SSSR count). The minimum absolute atomic E-state index is 0.406. The lowest BCUT2D eigenvalue weighted by molar-refractivity contribution is -0.0211. The zero-order valence-electron chi connectivity index (χ0n) is 11.1. The Morgan fingerprint density at radius 3 is 2.65 bits per heavy atom. The van der Waals surface area contributed by atoms with Crippen molar-refractivity contribution < 1.29 is 4.74 Å². The van der Waals surface area contributed by atoms with Crippen molar-refractivity contribution in [1.82, 2.24) is 15.3 Å². The van der Waals surface area contributed by atoms with Crippen molar-refractivity contribution in [2.24, 2.45) is 0 Å². The van der Waals surface area contributed by atoms with E-state index in [0.717, 1.165) is 36.7 Å². The molecule has 0 spiro atoms. The van der Waals surface area contributed by atoms with Crippen molar-refractivity contribution in [2.45, 2.75) is 52.8 Å². The molecule has 0 fully saturated rings. The quantitative estimate of drug-likeness (QED) is 0.866. The van der Waals surface area contributed by atoms with Gasteiger partial charge in [-0.05, 0) is 27.2 Å². The van der Waals surface area contributed by atoms with Crippen LogP contribution in [0.4, 0.5) is 0 Å². The molecule has 2 heterocycles. The second-order valence-electron chi connectivity index (χ2n) is 4.82. The van der Waals surface area contributed by atoms with Gasteiger partial charge in [0, 0.05) is 31.0 Å². The number of hydrogen-bond acceptors (Lipinski definition) is 4. The lowest BCUT2D eigenvalue weighted by Crippen LogP contribution is -2.26. The third kappa shape index (κ3) is 2.33. The molecule has 0 aliphatic carbocycles. The van der Waals surface area contributed by atoms with Crippen LogP contribution in [0.5, 0.6) is 0 Å². The van der Waals surface area contributed by atoms with Crippen LogP contribution in [-0.4, -0.2) is 16.6 Å². The highest BCUT2D eigenvalue weighted by Gasteiger charge is 2.27. The first-order valence-corrected chi connectivity index (χ1v) is 6.32. The minimum Gasteiger partial charge on any atom is -0.368 e. The summed E-state index contributed by atoms with van der Waals surface area (Å²) in [4.78, 5) is 9.33. The average Bonchev–Trinajstić information content (AvgIpc) is 2.75. The van der Waals surface area contributed by atoms with Gasteiger partial charge in [-0.15, -0.1) is 0 Å². The Morgan fingerprint density at radius 2 is 2.00 bits per heavy atom. The van der Waals surface area contributed by atoms with Crippen LogP contribution >= 0.6 is 0 Å². The Balaban J connectivity index is 2.43. The molecule has 94 valence electrons. The van der Waals surface area contributed by atoms with Gasteiger partial charge in [0.1, 0.15) is 5.60 Å². The summed E-state index contributed by atoms with van der Waals surface area (Å²) in [6.45, 7) is 10.6. The first kappa shape index (κ1) is 12.5. The van der Waals surface area contributed by atoms with Gasteiger partial charge in [-0.25, -0.2) is 9.97 Å². The van der Waals surface area contributed by atoms with Crippen molar-refractivity contribution in [2.75, 3.05) is 6.61 Å². The number of aromatic nitrogens is 2. The van der Waals surface area contributed by atoms with Crippen LogP contribution in [0.3, 0.4) is 0 Å². The van der Waals surface area contributed by atoms with E-state index in [1.165, 1.54) is 5.56 Å². The summed E-state index contributed by atoms with van der Waals surface area (Å²) in [7, 11) is 0. The predicted molar refractivity (Wildman–Crippen MR) is 66.6 cm³/mol. The summed E-state index contributed by atoms with van der Waals surface area (Å²) in [5.41, 5.74) is 3.17. The van der Waals surface area contributed by atoms with Crippen LogP contribution < -0.4 is 5.32 Å². The second kappa shape index (κ2) is 4.70. The van der Waals surface area contributed by atoms with E-state index in [1.807, 2.05) is 20.8 Å². The Kier molecular flexibility index (Phi) is 3.45. The van der Waals surface area contributed by atoms with Gasteiger partial charge in [-0.3, -0.25) is 0 Å². The van der Waals surface area contributed by atoms with Crippen molar-refractivity contribution in [1.29, 1.82) is 0 Å². The molecule has 0 unspecified atom stereocenters. The van der Waals surface area contributed by atoms with Gasteiger partial charge in [0.2, 0.25) is 0 Å². The first-order valence-electron chi connectivity index (χ1n) is 6.32. The fourth-order valence-corrected chi connectivity index (χ4v) is 2.23. The highest BCUT2D eigenvalue weighted by Crippen LogP contribution is 2.25. The van der Waals surface area contributed by atoms with E-state index in [0.29, 0.717) is 6.61 Å². The minimum atomic E-state index is -0.406. The predicted octanol–water partition coefficient (Wildman–Crippen LogP) is 1.91. The molecule has 0 aromatic carbocycles. The monoisotopic (exact) mass is 235 g/mol. The number of aryl methyl sites for hydroxylation is 1. The van der Waals surface area contributed by atoms with Crippen LogP contribution in [-0.2, 0) is 29.8 Å². The van der Waals surface area contributed by atoms with Gasteiger partial charge < -0.3 is 10.1 Å². The van der Waals surface area contributed by atoms with Crippen LogP contribution in [0.25, 0.3) is 0 Å². The summed E-state index contributed by atoms with van der Waals surface area (Å²) >= 11 is 0. The summed E-state index contributed by atoms with van der Waals surface area (Å²) in [6.07, 6.45) is 0.946. The fraction of sp³-hybridized carbons (Fsp3) is 0.692. The maximum Gasteiger partial charge on any atom is 0.160 e. The molecule has 0 atom stereocenters. The highest BCUT2D eigenvalue weighted by molar-refractivity contribution is 5.30. The second-order valence-corrected chi connectivity index (χ2v) is 4.82. The van der Waals surface area contributed by atoms with E-state index in [2.05, 4.69) is 22.2 Å². The van der Waals surface area contributed by atoms with Crippen LogP contribution in [0.15, 0.2) is 0 Å². The normalized spacial score (nSPS) is 15.1. The zero-order valence-corrected chi connectivity index (χ0v) is 11.1. The Bertz CT molecular complexity index is 415. The van der Waals surface area contributed by atoms with Gasteiger partial charge in [0.15, 0.2) is 5.82 Å². The van der Waals surface area contributed by atoms with E-state index in [4.69, 9.17) is 4.74 Å². The fourth-order valence-electron chi connectivity index (χ4n) is 2.23. The number of hydrogen-bond donors (Lipinski definition) is 1. The van der Waals surface area contributed by atoms with Gasteiger partial charge in [0.25, 0.3) is 0 Å². The SMILES string of the molecule is CCOC(C)(C)c1nc(CC)c2c(n1)CNC2. The Hall–Kier alpha value is -1.00. The van der Waals surface area contributed by atoms with E-state index >= 15 is 0 Å². The zero-order chi connectivity index (χ0) is 12.5. The topological polar surface area (TPSA) is 47.0 Å². The van der Waals surface area contributed by atoms with Gasteiger partial charge >= 0.3 is 0 Å². The molecule has 0 saturated heterocycles. The Labute approximate surface area is 103 Å². The number of ether oxygens (including phenoxy) is 1. The molecule has 0 radical (unpaired) electrons. The molecule has 4 heteroatoms. The third-order valence-electron chi connectivity index (χ3n) is 3.15. The van der Waals surface area contributed by atoms with Crippen molar-refractivity contribution in [3.8, 4) is 0 Å². The van der Waals surface area contributed by atoms with Crippen LogP contribution in [0.2, 0.25) is 0 Å². The van der Waals surface area contributed by atoms with Gasteiger partial charge in [0.05, 0.1) is 5.69 Å². The summed E-state index contributed by atoms with van der Waals surface area (Å²) in [5, 5.41) is 3.33. The molecular weight excluding hydrogens is 214 g/mol. The lowest BCUT2D eigenvalue weighted by atomic mass is 10.1. The lowest BCUT2D eigenvalue weighted by Gasteiger charge is -2.24. The van der Waals surface area contributed by atoms with Crippen LogP contribution in [0, 0.1) is 0 Å². The van der Waals surface area contributed by atoms with Gasteiger partial charge in [-0.1, -0.05) is 6.92 Å². The maximum atomic E-state index is 5.73. The molecule has 1 aromatic heterocycles. The summed E-state index contributed by atoms with van der Waals surface area (Å²) in [6, 6.07) is 0. The molecule has 4 nitrogen and oxygen atoms in total. The van der Waals surface area contributed by atoms with E-state index in [9.17, 15) is 0 Å². The molecule has 1 aliphatic heterocycles. The molecule has 0 bridgehead atoms. The third-order valence-corrected chi connectivity index (χ3v) is 3.15. The smallest absolute Gasteiger partial charge is 0.160 e. The molecule has 17 heavy (non-hydrogen) atoms. The molecule has 1 aliphatic rings. The van der Waals surface area contributed by atoms with Crippen molar-refractivity contribution >= 4 is 0 Å². The number of rotatable bonds is 4. The van der Waals surface area contributed by atoms with Gasteiger partial charge in [-0.2, -0.15) is 0 Å². The largest absolute Gasteiger partial charge is 0.368 e. The molecule has 0 amide bonds. The van der Waals surface area contributed by atoms with Crippen molar-refractivity contribution in [3.05, 3.63) is 22.8 Å². The average molecular weight is 235 g/mol. The standard InChI is InChI=1S/C13H21N3O/c1-5-10-9-7-14-8-11(9)16-12(15-10)13(3,4)17-6-2/h14H,5-8H2,1-4H3. The maximum absolute atomic E-state index is 5.73. The molecule has 0 saturated carbocycles. The highest BCUT2D eigenvalue weighted by atomic mass is 16.5. The Morgan fingerprint density at radius 1 is 1.24 bits per heavy atom. The molecule has 1 aromatic rings.